The molecular formula is C56H36N2. The van der Waals surface area contributed by atoms with E-state index >= 15 is 0 Å². The average molecular weight is 737 g/mol. The topological polar surface area (TPSA) is 47.6 Å². The maximum absolute atomic E-state index is 11.0. The van der Waals surface area contributed by atoms with Crippen molar-refractivity contribution in [3.63, 3.8) is 0 Å². The van der Waals surface area contributed by atoms with Gasteiger partial charge in [-0.05, 0) is 97.1 Å². The van der Waals surface area contributed by atoms with E-state index in [1.165, 1.54) is 0 Å². The van der Waals surface area contributed by atoms with Gasteiger partial charge >= 0.3 is 0 Å². The van der Waals surface area contributed by atoms with E-state index in [4.69, 9.17) is 0 Å². The zero-order valence-electron chi connectivity index (χ0n) is 31.7. The summed E-state index contributed by atoms with van der Waals surface area (Å²) in [7, 11) is 0. The van der Waals surface area contributed by atoms with Gasteiger partial charge in [-0.15, -0.1) is 0 Å². The molecule has 2 nitrogen and oxygen atoms in total. The molecule has 0 heterocycles. The molecule has 9 rings (SSSR count). The van der Waals surface area contributed by atoms with E-state index in [-0.39, 0.29) is 0 Å². The van der Waals surface area contributed by atoms with E-state index in [1.54, 1.807) is 0 Å². The molecule has 0 saturated carbocycles. The highest BCUT2D eigenvalue weighted by Gasteiger charge is 2.23. The van der Waals surface area contributed by atoms with Gasteiger partial charge in [0.1, 0.15) is 12.1 Å². The molecule has 0 unspecified atom stereocenters. The highest BCUT2D eigenvalue weighted by atomic mass is 14.3. The average Bonchev–Trinajstić information content (AvgIpc) is 3.31. The summed E-state index contributed by atoms with van der Waals surface area (Å²) in [6, 6.07) is 80.2. The molecule has 58 heavy (non-hydrogen) atoms. The van der Waals surface area contributed by atoms with Crippen molar-refractivity contribution in [2.75, 3.05) is 0 Å². The molecule has 0 spiro atoms. The molecule has 9 aromatic carbocycles. The van der Waals surface area contributed by atoms with Crippen molar-refractivity contribution in [2.24, 2.45) is 0 Å². The van der Waals surface area contributed by atoms with E-state index in [2.05, 4.69) is 115 Å². The Hall–Kier alpha value is -8.04. The molecule has 0 bridgehead atoms. The van der Waals surface area contributed by atoms with Crippen molar-refractivity contribution in [1.29, 1.82) is 10.5 Å². The third kappa shape index (κ3) is 6.88. The van der Waals surface area contributed by atoms with Gasteiger partial charge in [0.05, 0.1) is 11.1 Å². The van der Waals surface area contributed by atoms with Gasteiger partial charge in [-0.3, -0.25) is 0 Å². The molecule has 270 valence electrons. The fourth-order valence-electron chi connectivity index (χ4n) is 8.05. The molecule has 0 aliphatic carbocycles. The summed E-state index contributed by atoms with van der Waals surface area (Å²) in [6.45, 7) is 0. The largest absolute Gasteiger partial charge is 0.192 e. The third-order valence-electron chi connectivity index (χ3n) is 10.8. The summed E-state index contributed by atoms with van der Waals surface area (Å²) in [5.74, 6) is 0. The minimum absolute atomic E-state index is 0.593. The van der Waals surface area contributed by atoms with E-state index in [0.717, 1.165) is 89.0 Å². The zero-order chi connectivity index (χ0) is 39.3. The zero-order valence-corrected chi connectivity index (χ0v) is 31.7. The summed E-state index contributed by atoms with van der Waals surface area (Å²) in [5, 5.41) is 22.1. The molecule has 0 radical (unpaired) electrons. The predicted molar refractivity (Wildman–Crippen MR) is 239 cm³/mol. The number of nitrogens with zero attached hydrogens (tertiary/aromatic N) is 2. The number of benzene rings is 9. The van der Waals surface area contributed by atoms with Crippen LogP contribution in [0.4, 0.5) is 0 Å². The molecule has 2 heteroatoms. The van der Waals surface area contributed by atoms with E-state index in [1.807, 2.05) is 115 Å². The smallest absolute Gasteiger partial charge is 0.100 e. The van der Waals surface area contributed by atoms with Crippen LogP contribution in [0.5, 0.6) is 0 Å². The van der Waals surface area contributed by atoms with E-state index < -0.39 is 0 Å². The van der Waals surface area contributed by atoms with E-state index in [0.29, 0.717) is 11.1 Å². The standard InChI is InChI=1S/C56H36N2/c57-37-54-48(41-22-10-3-11-23-41)28-16-30-50(54)52-35-47(46-33-44(39-18-6-1-7-19-39)32-45(34-46)40-20-8-2-9-21-40)36-53(56(52)43-26-14-5-15-27-43)51-31-17-29-49(55(51)38-58)42-24-12-4-13-25-42/h1-36H. The maximum atomic E-state index is 11.0. The lowest BCUT2D eigenvalue weighted by atomic mass is 9.80. The SMILES string of the molecule is N#Cc1c(-c2ccccc2)cccc1-c1cc(-c2cc(-c3ccccc3)cc(-c3ccccc3)c2)cc(-c2cccc(-c3ccccc3)c2C#N)c1-c1ccccc1. The molecular weight excluding hydrogens is 701 g/mol. The van der Waals surface area contributed by atoms with Crippen molar-refractivity contribution < 1.29 is 0 Å². The number of hydrogen-bond donors (Lipinski definition) is 0. The van der Waals surface area contributed by atoms with Gasteiger partial charge in [0.2, 0.25) is 0 Å². The molecule has 0 aliphatic rings. The van der Waals surface area contributed by atoms with Crippen LogP contribution < -0.4 is 0 Å². The Morgan fingerprint density at radius 2 is 0.517 bits per heavy atom. The minimum Gasteiger partial charge on any atom is -0.192 e. The van der Waals surface area contributed by atoms with Gasteiger partial charge in [0.25, 0.3) is 0 Å². The molecule has 0 aromatic heterocycles. The van der Waals surface area contributed by atoms with Crippen LogP contribution in [-0.4, -0.2) is 0 Å². The molecule has 0 atom stereocenters. The molecule has 0 amide bonds. The monoisotopic (exact) mass is 736 g/mol. The van der Waals surface area contributed by atoms with Crippen LogP contribution in [0.3, 0.4) is 0 Å². The molecule has 0 saturated heterocycles. The van der Waals surface area contributed by atoms with Crippen molar-refractivity contribution in [1.82, 2.24) is 0 Å². The van der Waals surface area contributed by atoms with Crippen molar-refractivity contribution in [3.05, 3.63) is 230 Å². The summed E-state index contributed by atoms with van der Waals surface area (Å²) in [5.41, 5.74) is 16.7. The summed E-state index contributed by atoms with van der Waals surface area (Å²) < 4.78 is 0. The van der Waals surface area contributed by atoms with Crippen LogP contribution in [0.15, 0.2) is 218 Å². The highest BCUT2D eigenvalue weighted by molar-refractivity contribution is 6.02. The van der Waals surface area contributed by atoms with Crippen LogP contribution in [-0.2, 0) is 0 Å². The van der Waals surface area contributed by atoms with Gasteiger partial charge < -0.3 is 0 Å². The number of rotatable bonds is 8. The van der Waals surface area contributed by atoms with Gasteiger partial charge in [-0.2, -0.15) is 10.5 Å². The van der Waals surface area contributed by atoms with Crippen LogP contribution >= 0.6 is 0 Å². The van der Waals surface area contributed by atoms with E-state index in [9.17, 15) is 10.5 Å². The van der Waals surface area contributed by atoms with Crippen molar-refractivity contribution in [3.8, 4) is 101 Å². The van der Waals surface area contributed by atoms with Crippen molar-refractivity contribution in [2.45, 2.75) is 0 Å². The molecule has 0 fully saturated rings. The first-order valence-corrected chi connectivity index (χ1v) is 19.4. The quantitative estimate of drug-likeness (QED) is 0.156. The second-order valence-electron chi connectivity index (χ2n) is 14.3. The molecule has 0 aliphatic heterocycles. The predicted octanol–water partition coefficient (Wildman–Crippen LogP) is 14.8. The lowest BCUT2D eigenvalue weighted by Gasteiger charge is -2.22. The summed E-state index contributed by atoms with van der Waals surface area (Å²) in [4.78, 5) is 0. The molecule has 0 N–H and O–H groups in total. The first-order valence-electron chi connectivity index (χ1n) is 19.4. The number of hydrogen-bond acceptors (Lipinski definition) is 2. The summed E-state index contributed by atoms with van der Waals surface area (Å²) in [6.07, 6.45) is 0. The fraction of sp³-hybridized carbons (Fsp3) is 0. The van der Waals surface area contributed by atoms with Crippen LogP contribution in [0.2, 0.25) is 0 Å². The Labute approximate surface area is 339 Å². The lowest BCUT2D eigenvalue weighted by Crippen LogP contribution is -1.98. The van der Waals surface area contributed by atoms with Crippen LogP contribution in [0.1, 0.15) is 11.1 Å². The fourth-order valence-corrected chi connectivity index (χ4v) is 8.05. The van der Waals surface area contributed by atoms with Crippen LogP contribution in [0, 0.1) is 22.7 Å². The van der Waals surface area contributed by atoms with Gasteiger partial charge in [0, 0.05) is 22.3 Å². The van der Waals surface area contributed by atoms with Gasteiger partial charge in [-0.1, -0.05) is 188 Å². The Bertz CT molecular complexity index is 2800. The summed E-state index contributed by atoms with van der Waals surface area (Å²) >= 11 is 0. The Balaban J connectivity index is 1.41. The molecule has 9 aromatic rings. The maximum Gasteiger partial charge on any atom is 0.100 e. The Kier molecular flexibility index (Phi) is 9.82. The number of nitriles is 2. The van der Waals surface area contributed by atoms with Gasteiger partial charge in [0.15, 0.2) is 0 Å². The minimum atomic E-state index is 0.593. The highest BCUT2D eigenvalue weighted by Crippen LogP contribution is 2.47. The van der Waals surface area contributed by atoms with Gasteiger partial charge in [-0.25, -0.2) is 0 Å². The lowest BCUT2D eigenvalue weighted by molar-refractivity contribution is 1.45. The second kappa shape index (κ2) is 16.0. The Morgan fingerprint density at radius 1 is 0.224 bits per heavy atom. The first kappa shape index (κ1) is 35.6. The first-order chi connectivity index (χ1) is 28.7. The van der Waals surface area contributed by atoms with Crippen LogP contribution in [0.25, 0.3) is 89.0 Å². The van der Waals surface area contributed by atoms with Crippen molar-refractivity contribution >= 4 is 0 Å². The third-order valence-corrected chi connectivity index (χ3v) is 10.8. The Morgan fingerprint density at radius 3 is 0.879 bits per heavy atom. The normalized spacial score (nSPS) is 10.7. The second-order valence-corrected chi connectivity index (χ2v) is 14.3.